The quantitative estimate of drug-likeness (QED) is 0.608. The molecule has 2 heterocycles. The van der Waals surface area contributed by atoms with Crippen LogP contribution in [-0.4, -0.2) is 34.0 Å². The van der Waals surface area contributed by atoms with Gasteiger partial charge in [0.15, 0.2) is 0 Å². The zero-order valence-corrected chi connectivity index (χ0v) is 18.8. The molecule has 1 N–H and O–H groups in total. The minimum atomic E-state index is -0.317. The molecule has 2 aromatic carbocycles. The smallest absolute Gasteiger partial charge is 0.241 e. The Hall–Kier alpha value is -3.06. The highest BCUT2D eigenvalue weighted by molar-refractivity contribution is 5.92. The van der Waals surface area contributed by atoms with E-state index in [2.05, 4.69) is 53.3 Å². The predicted octanol–water partition coefficient (Wildman–Crippen LogP) is 5.02. The zero-order chi connectivity index (χ0) is 22.7. The summed E-state index contributed by atoms with van der Waals surface area (Å²) in [6, 6.07) is 14.1. The Labute approximate surface area is 187 Å². The van der Waals surface area contributed by atoms with Gasteiger partial charge in [0.1, 0.15) is 5.82 Å². The number of likely N-dealkylation sites (tertiary alicyclic amines) is 1. The van der Waals surface area contributed by atoms with E-state index in [-0.39, 0.29) is 23.1 Å². The molecule has 1 aliphatic rings. The van der Waals surface area contributed by atoms with Gasteiger partial charge in [0, 0.05) is 17.2 Å². The number of anilines is 1. The molecule has 168 valence electrons. The summed E-state index contributed by atoms with van der Waals surface area (Å²) in [5.41, 5.74) is 2.91. The highest BCUT2D eigenvalue weighted by atomic mass is 19.1. The van der Waals surface area contributed by atoms with Gasteiger partial charge in [-0.2, -0.15) is 4.98 Å². The van der Waals surface area contributed by atoms with Gasteiger partial charge < -0.3 is 9.84 Å². The van der Waals surface area contributed by atoms with E-state index >= 15 is 0 Å². The highest BCUT2D eigenvalue weighted by Gasteiger charge is 2.26. The van der Waals surface area contributed by atoms with E-state index in [4.69, 9.17) is 4.52 Å². The Morgan fingerprint density at radius 3 is 2.38 bits per heavy atom. The SMILES string of the molecule is CC(C)(C)c1ccc(-c2noc(CN3CCC(C(=O)Nc4ccc(F)cc4)CC3)n2)cc1. The number of carbonyl (C=O) groups is 1. The third-order valence-electron chi connectivity index (χ3n) is 5.91. The molecule has 1 amide bonds. The summed E-state index contributed by atoms with van der Waals surface area (Å²) in [7, 11) is 0. The standard InChI is InChI=1S/C25H29FN4O2/c1-25(2,3)19-6-4-17(5-7-19)23-28-22(32-29-23)16-30-14-12-18(13-15-30)24(31)27-21-10-8-20(26)9-11-21/h4-11,18H,12-16H2,1-3H3,(H,27,31). The molecule has 32 heavy (non-hydrogen) atoms. The van der Waals surface area contributed by atoms with Crippen molar-refractivity contribution in [3.63, 3.8) is 0 Å². The fourth-order valence-corrected chi connectivity index (χ4v) is 3.88. The van der Waals surface area contributed by atoms with Crippen LogP contribution >= 0.6 is 0 Å². The van der Waals surface area contributed by atoms with Crippen LogP contribution in [0.2, 0.25) is 0 Å². The summed E-state index contributed by atoms with van der Waals surface area (Å²) in [6.45, 7) is 8.68. The van der Waals surface area contributed by atoms with Gasteiger partial charge in [0.25, 0.3) is 0 Å². The second kappa shape index (κ2) is 9.20. The van der Waals surface area contributed by atoms with Gasteiger partial charge >= 0.3 is 0 Å². The van der Waals surface area contributed by atoms with Crippen molar-refractivity contribution in [1.82, 2.24) is 15.0 Å². The molecule has 1 saturated heterocycles. The lowest BCUT2D eigenvalue weighted by Gasteiger charge is -2.30. The summed E-state index contributed by atoms with van der Waals surface area (Å²) >= 11 is 0. The molecular weight excluding hydrogens is 407 g/mol. The minimum absolute atomic E-state index is 0.0185. The van der Waals surface area contributed by atoms with Crippen molar-refractivity contribution in [2.24, 2.45) is 5.92 Å². The summed E-state index contributed by atoms with van der Waals surface area (Å²) in [5.74, 6) is 0.775. The van der Waals surface area contributed by atoms with Gasteiger partial charge in [-0.1, -0.05) is 50.2 Å². The fraction of sp³-hybridized carbons (Fsp3) is 0.400. The van der Waals surface area contributed by atoms with Crippen LogP contribution < -0.4 is 5.32 Å². The first-order valence-electron chi connectivity index (χ1n) is 11.0. The first kappa shape index (κ1) is 22.1. The minimum Gasteiger partial charge on any atom is -0.338 e. The lowest BCUT2D eigenvalue weighted by molar-refractivity contribution is -0.121. The Balaban J connectivity index is 1.29. The summed E-state index contributed by atoms with van der Waals surface area (Å²) < 4.78 is 18.5. The number of nitrogens with zero attached hydrogens (tertiary/aromatic N) is 3. The first-order chi connectivity index (χ1) is 15.3. The van der Waals surface area contributed by atoms with E-state index in [1.54, 1.807) is 12.1 Å². The molecule has 0 unspecified atom stereocenters. The number of halogens is 1. The molecule has 0 atom stereocenters. The van der Waals surface area contributed by atoms with Crippen LogP contribution in [0.1, 0.15) is 45.1 Å². The number of hydrogen-bond acceptors (Lipinski definition) is 5. The highest BCUT2D eigenvalue weighted by Crippen LogP contribution is 2.26. The third kappa shape index (κ3) is 5.40. The van der Waals surface area contributed by atoms with E-state index in [1.165, 1.54) is 17.7 Å². The molecule has 1 aromatic heterocycles. The number of aromatic nitrogens is 2. The molecular formula is C25H29FN4O2. The van der Waals surface area contributed by atoms with Crippen LogP contribution in [0.4, 0.5) is 10.1 Å². The van der Waals surface area contributed by atoms with E-state index in [1.807, 2.05) is 12.1 Å². The fourth-order valence-electron chi connectivity index (χ4n) is 3.88. The molecule has 7 heteroatoms. The molecule has 1 aliphatic heterocycles. The lowest BCUT2D eigenvalue weighted by atomic mass is 9.87. The van der Waals surface area contributed by atoms with Gasteiger partial charge in [-0.25, -0.2) is 4.39 Å². The van der Waals surface area contributed by atoms with Crippen molar-refractivity contribution >= 4 is 11.6 Å². The summed E-state index contributed by atoms with van der Waals surface area (Å²) in [4.78, 5) is 19.3. The summed E-state index contributed by atoms with van der Waals surface area (Å²) in [5, 5.41) is 7.01. The summed E-state index contributed by atoms with van der Waals surface area (Å²) in [6.07, 6.45) is 1.50. The van der Waals surface area contributed by atoms with Gasteiger partial charge in [-0.15, -0.1) is 0 Å². The van der Waals surface area contributed by atoms with Crippen LogP contribution in [0.15, 0.2) is 53.1 Å². The molecule has 0 aliphatic carbocycles. The Morgan fingerprint density at radius 2 is 1.75 bits per heavy atom. The number of nitrogens with one attached hydrogen (secondary N) is 1. The van der Waals surface area contributed by atoms with Crippen molar-refractivity contribution in [1.29, 1.82) is 0 Å². The van der Waals surface area contributed by atoms with Crippen LogP contribution in [0.3, 0.4) is 0 Å². The average molecular weight is 437 g/mol. The molecule has 3 aromatic rings. The van der Waals surface area contributed by atoms with Crippen molar-refractivity contribution in [3.05, 3.63) is 65.8 Å². The van der Waals surface area contributed by atoms with Crippen molar-refractivity contribution in [2.45, 2.75) is 45.6 Å². The molecule has 0 spiro atoms. The Bertz CT molecular complexity index is 1050. The maximum absolute atomic E-state index is 13.0. The van der Waals surface area contributed by atoms with Gasteiger partial charge in [0.05, 0.1) is 6.54 Å². The number of amides is 1. The van der Waals surface area contributed by atoms with Crippen LogP contribution in [0.25, 0.3) is 11.4 Å². The van der Waals surface area contributed by atoms with E-state index < -0.39 is 0 Å². The average Bonchev–Trinajstić information content (AvgIpc) is 3.24. The monoisotopic (exact) mass is 436 g/mol. The predicted molar refractivity (Wildman–Crippen MR) is 121 cm³/mol. The third-order valence-corrected chi connectivity index (χ3v) is 5.91. The lowest BCUT2D eigenvalue weighted by Crippen LogP contribution is -2.37. The maximum Gasteiger partial charge on any atom is 0.241 e. The van der Waals surface area contributed by atoms with Gasteiger partial charge in [-0.05, 0) is 61.2 Å². The van der Waals surface area contributed by atoms with Crippen LogP contribution in [0, 0.1) is 11.7 Å². The van der Waals surface area contributed by atoms with E-state index in [0.29, 0.717) is 23.9 Å². The van der Waals surface area contributed by atoms with E-state index in [0.717, 1.165) is 31.5 Å². The molecule has 0 bridgehead atoms. The molecule has 0 radical (unpaired) electrons. The number of hydrogen-bond donors (Lipinski definition) is 1. The van der Waals surface area contributed by atoms with Gasteiger partial charge in [-0.3, -0.25) is 9.69 Å². The Kier molecular flexibility index (Phi) is 6.37. The Morgan fingerprint density at radius 1 is 1.09 bits per heavy atom. The van der Waals surface area contributed by atoms with Crippen molar-refractivity contribution in [3.8, 4) is 11.4 Å². The molecule has 4 rings (SSSR count). The molecule has 0 saturated carbocycles. The maximum atomic E-state index is 13.0. The number of piperidine rings is 1. The van der Waals surface area contributed by atoms with Gasteiger partial charge in [0.2, 0.25) is 17.6 Å². The van der Waals surface area contributed by atoms with Crippen molar-refractivity contribution in [2.75, 3.05) is 18.4 Å². The van der Waals surface area contributed by atoms with Crippen molar-refractivity contribution < 1.29 is 13.7 Å². The molecule has 1 fully saturated rings. The number of rotatable bonds is 5. The topological polar surface area (TPSA) is 71.3 Å². The largest absolute Gasteiger partial charge is 0.338 e. The molecule has 6 nitrogen and oxygen atoms in total. The first-order valence-corrected chi connectivity index (χ1v) is 11.0. The second-order valence-corrected chi connectivity index (χ2v) is 9.39. The van der Waals surface area contributed by atoms with Crippen LogP contribution in [0.5, 0.6) is 0 Å². The zero-order valence-electron chi connectivity index (χ0n) is 18.8. The number of benzene rings is 2. The normalized spacial score (nSPS) is 15.6. The van der Waals surface area contributed by atoms with Crippen LogP contribution in [-0.2, 0) is 16.8 Å². The number of carbonyl (C=O) groups excluding carboxylic acids is 1. The van der Waals surface area contributed by atoms with E-state index in [9.17, 15) is 9.18 Å². The second-order valence-electron chi connectivity index (χ2n) is 9.39.